The number of halogens is 1. The van der Waals surface area contributed by atoms with Crippen LogP contribution < -0.4 is 4.74 Å². The minimum Gasteiger partial charge on any atom is -0.493 e. The lowest BCUT2D eigenvalue weighted by atomic mass is 10.1. The molecule has 1 aliphatic rings. The van der Waals surface area contributed by atoms with Crippen molar-refractivity contribution in [3.63, 3.8) is 0 Å². The topological polar surface area (TPSA) is 75.9 Å². The van der Waals surface area contributed by atoms with Crippen molar-refractivity contribution in [2.75, 3.05) is 39.3 Å². The van der Waals surface area contributed by atoms with Crippen LogP contribution in [0.3, 0.4) is 0 Å². The Morgan fingerprint density at radius 1 is 1.30 bits per heavy atom. The zero-order valence-electron chi connectivity index (χ0n) is 13.2. The van der Waals surface area contributed by atoms with Crippen molar-refractivity contribution < 1.29 is 18.8 Å². The number of hydrogen-bond acceptors (Lipinski definition) is 5. The smallest absolute Gasteiger partial charge is 0.308 e. The molecule has 0 N–H and O–H groups in total. The Labute approximate surface area is 133 Å². The maximum atomic E-state index is 13.9. The van der Waals surface area contributed by atoms with Gasteiger partial charge in [-0.1, -0.05) is 6.92 Å². The number of amides is 1. The summed E-state index contributed by atoms with van der Waals surface area (Å²) >= 11 is 0. The van der Waals surface area contributed by atoms with Crippen molar-refractivity contribution in [3.8, 4) is 5.75 Å². The van der Waals surface area contributed by atoms with E-state index in [9.17, 15) is 19.3 Å². The van der Waals surface area contributed by atoms with Gasteiger partial charge in [-0.15, -0.1) is 0 Å². The summed E-state index contributed by atoms with van der Waals surface area (Å²) < 4.78 is 19.2. The fourth-order valence-electron chi connectivity index (χ4n) is 2.56. The van der Waals surface area contributed by atoms with Gasteiger partial charge in [-0.2, -0.15) is 4.39 Å². The predicted molar refractivity (Wildman–Crippen MR) is 82.2 cm³/mol. The van der Waals surface area contributed by atoms with Crippen LogP contribution in [-0.2, 0) is 0 Å². The van der Waals surface area contributed by atoms with E-state index in [0.29, 0.717) is 13.1 Å². The molecule has 1 heterocycles. The summed E-state index contributed by atoms with van der Waals surface area (Å²) in [6.07, 6.45) is 0. The Bertz CT molecular complexity index is 601. The van der Waals surface area contributed by atoms with E-state index in [1.165, 1.54) is 0 Å². The quantitative estimate of drug-likeness (QED) is 0.610. The van der Waals surface area contributed by atoms with Crippen LogP contribution in [0.4, 0.5) is 10.1 Å². The third kappa shape index (κ3) is 3.76. The third-order valence-electron chi connectivity index (χ3n) is 3.88. The fourth-order valence-corrected chi connectivity index (χ4v) is 2.56. The van der Waals surface area contributed by atoms with Gasteiger partial charge >= 0.3 is 5.69 Å². The Morgan fingerprint density at radius 3 is 2.48 bits per heavy atom. The molecule has 126 valence electrons. The number of likely N-dealkylation sites (N-methyl/N-ethyl adjacent to an activating group) is 1. The first-order valence-corrected chi connectivity index (χ1v) is 7.60. The lowest BCUT2D eigenvalue weighted by Gasteiger charge is -2.34. The lowest BCUT2D eigenvalue weighted by Crippen LogP contribution is -2.48. The monoisotopic (exact) mass is 325 g/mol. The predicted octanol–water partition coefficient (Wildman–Crippen LogP) is 1.91. The minimum absolute atomic E-state index is 0.0277. The second kappa shape index (κ2) is 7.36. The maximum absolute atomic E-state index is 13.9. The van der Waals surface area contributed by atoms with E-state index in [1.54, 1.807) is 11.8 Å². The zero-order chi connectivity index (χ0) is 17.0. The highest BCUT2D eigenvalue weighted by Gasteiger charge is 2.27. The number of carbonyl (C=O) groups excluding carboxylic acids is 1. The first-order valence-electron chi connectivity index (χ1n) is 7.60. The van der Waals surface area contributed by atoms with E-state index in [1.807, 2.05) is 0 Å². The van der Waals surface area contributed by atoms with Gasteiger partial charge in [0.05, 0.1) is 23.2 Å². The summed E-state index contributed by atoms with van der Waals surface area (Å²) in [4.78, 5) is 26.5. The van der Waals surface area contributed by atoms with Gasteiger partial charge in [0.2, 0.25) is 5.82 Å². The lowest BCUT2D eigenvalue weighted by molar-refractivity contribution is -0.387. The number of hydrogen-bond donors (Lipinski definition) is 0. The van der Waals surface area contributed by atoms with Gasteiger partial charge < -0.3 is 14.5 Å². The van der Waals surface area contributed by atoms with Gasteiger partial charge in [-0.05, 0) is 19.5 Å². The van der Waals surface area contributed by atoms with Crippen molar-refractivity contribution in [1.82, 2.24) is 9.80 Å². The van der Waals surface area contributed by atoms with E-state index in [4.69, 9.17) is 4.74 Å². The minimum atomic E-state index is -1.03. The van der Waals surface area contributed by atoms with Crippen LogP contribution in [0.25, 0.3) is 0 Å². The molecule has 1 fully saturated rings. The summed E-state index contributed by atoms with van der Waals surface area (Å²) in [5, 5.41) is 10.8. The van der Waals surface area contributed by atoms with Crippen molar-refractivity contribution in [2.45, 2.75) is 13.8 Å². The number of rotatable bonds is 5. The van der Waals surface area contributed by atoms with Gasteiger partial charge in [0.15, 0.2) is 0 Å². The molecule has 0 aromatic heterocycles. The third-order valence-corrected chi connectivity index (χ3v) is 3.88. The standard InChI is InChI=1S/C15H20FN3O4/c1-3-17-5-7-18(8-6-17)15(20)11-9-12(16)13(19(21)22)10-14(11)23-4-2/h9-10H,3-8H2,1-2H3. The number of piperazine rings is 1. The highest BCUT2D eigenvalue weighted by atomic mass is 19.1. The van der Waals surface area contributed by atoms with Crippen LogP contribution in [-0.4, -0.2) is 60.0 Å². The molecular formula is C15H20FN3O4. The van der Waals surface area contributed by atoms with Crippen LogP contribution >= 0.6 is 0 Å². The molecule has 0 radical (unpaired) electrons. The van der Waals surface area contributed by atoms with Crippen LogP contribution in [0, 0.1) is 15.9 Å². The van der Waals surface area contributed by atoms with Crippen molar-refractivity contribution >= 4 is 11.6 Å². The molecule has 8 heteroatoms. The molecule has 1 aliphatic heterocycles. The Hall–Kier alpha value is -2.22. The molecule has 0 saturated carbocycles. The van der Waals surface area contributed by atoms with Gasteiger partial charge in [0.1, 0.15) is 5.75 Å². The number of nitrogens with zero attached hydrogens (tertiary/aromatic N) is 3. The molecular weight excluding hydrogens is 305 g/mol. The molecule has 2 rings (SSSR count). The molecule has 1 aromatic carbocycles. The highest BCUT2D eigenvalue weighted by Crippen LogP contribution is 2.29. The second-order valence-corrected chi connectivity index (χ2v) is 5.22. The van der Waals surface area contributed by atoms with Gasteiger partial charge in [-0.3, -0.25) is 14.9 Å². The number of benzene rings is 1. The number of carbonyl (C=O) groups is 1. The normalized spacial score (nSPS) is 15.5. The molecule has 1 aromatic rings. The maximum Gasteiger partial charge on any atom is 0.308 e. The summed E-state index contributed by atoms with van der Waals surface area (Å²) in [7, 11) is 0. The molecule has 0 unspecified atom stereocenters. The first kappa shape index (κ1) is 17.1. The number of nitro groups is 1. The van der Waals surface area contributed by atoms with E-state index in [0.717, 1.165) is 31.8 Å². The van der Waals surface area contributed by atoms with Crippen LogP contribution in [0.15, 0.2) is 12.1 Å². The largest absolute Gasteiger partial charge is 0.493 e. The number of ether oxygens (including phenoxy) is 1. The van der Waals surface area contributed by atoms with Crippen LogP contribution in [0.5, 0.6) is 5.75 Å². The fraction of sp³-hybridized carbons (Fsp3) is 0.533. The summed E-state index contributed by atoms with van der Waals surface area (Å²) in [5.74, 6) is -1.35. The molecule has 0 aliphatic carbocycles. The van der Waals surface area contributed by atoms with Crippen LogP contribution in [0.2, 0.25) is 0 Å². The molecule has 1 saturated heterocycles. The summed E-state index contributed by atoms with van der Waals surface area (Å²) in [6, 6.07) is 1.88. The van der Waals surface area contributed by atoms with E-state index in [2.05, 4.69) is 11.8 Å². The molecule has 1 amide bonds. The van der Waals surface area contributed by atoms with Crippen molar-refractivity contribution in [3.05, 3.63) is 33.6 Å². The zero-order valence-corrected chi connectivity index (χ0v) is 13.2. The average molecular weight is 325 g/mol. The summed E-state index contributed by atoms with van der Waals surface area (Å²) in [5.41, 5.74) is -0.666. The van der Waals surface area contributed by atoms with Crippen molar-refractivity contribution in [1.29, 1.82) is 0 Å². The second-order valence-electron chi connectivity index (χ2n) is 5.22. The SMILES string of the molecule is CCOc1cc([N+](=O)[O-])c(F)cc1C(=O)N1CCN(CC)CC1. The van der Waals surface area contributed by atoms with Gasteiger partial charge in [-0.25, -0.2) is 0 Å². The number of nitro benzene ring substituents is 1. The first-order chi connectivity index (χ1) is 11.0. The molecule has 0 bridgehead atoms. The molecule has 7 nitrogen and oxygen atoms in total. The van der Waals surface area contributed by atoms with E-state index < -0.39 is 16.4 Å². The average Bonchev–Trinajstić information content (AvgIpc) is 2.55. The van der Waals surface area contributed by atoms with E-state index >= 15 is 0 Å². The molecule has 0 atom stereocenters. The Balaban J connectivity index is 2.28. The Kier molecular flexibility index (Phi) is 5.49. The Morgan fingerprint density at radius 2 is 1.96 bits per heavy atom. The van der Waals surface area contributed by atoms with Crippen molar-refractivity contribution in [2.24, 2.45) is 0 Å². The van der Waals surface area contributed by atoms with Gasteiger partial charge in [0, 0.05) is 26.2 Å². The molecule has 0 spiro atoms. The van der Waals surface area contributed by atoms with Gasteiger partial charge in [0.25, 0.3) is 5.91 Å². The molecule has 23 heavy (non-hydrogen) atoms. The van der Waals surface area contributed by atoms with Crippen LogP contribution in [0.1, 0.15) is 24.2 Å². The summed E-state index contributed by atoms with van der Waals surface area (Å²) in [6.45, 7) is 7.47. The van der Waals surface area contributed by atoms with E-state index in [-0.39, 0.29) is 23.8 Å². The highest BCUT2D eigenvalue weighted by molar-refractivity contribution is 5.97.